The fourth-order valence-electron chi connectivity index (χ4n) is 1.33. The van der Waals surface area contributed by atoms with Gasteiger partial charge in [-0.25, -0.2) is 4.21 Å². The second kappa shape index (κ2) is 4.91. The Bertz CT molecular complexity index is 584. The summed E-state index contributed by atoms with van der Waals surface area (Å²) < 4.78 is 20.4. The van der Waals surface area contributed by atoms with Gasteiger partial charge in [0.25, 0.3) is 0 Å². The molecule has 2 nitrogen and oxygen atoms in total. The summed E-state index contributed by atoms with van der Waals surface area (Å²) in [6.45, 7) is 0. The largest absolute Gasteiger partial charge is 1.00 e. The minimum Gasteiger partial charge on any atom is -1.00 e. The van der Waals surface area contributed by atoms with Crippen LogP contribution in [0.15, 0.2) is 47.4 Å². The molecule has 0 saturated carbocycles. The molecule has 0 spiro atoms. The van der Waals surface area contributed by atoms with Crippen LogP contribution in [0.25, 0.3) is 10.8 Å². The molecule has 0 aromatic heterocycles. The number of hydrogen-bond acceptors (Lipinski definition) is 2. The smallest absolute Gasteiger partial charge is 1.00 e. The van der Waals surface area contributed by atoms with Crippen molar-refractivity contribution in [3.8, 4) is 0 Å². The third kappa shape index (κ3) is 3.00. The molecule has 0 radical (unpaired) electrons. The Kier molecular flexibility index (Phi) is 4.29. The second-order valence-corrected chi connectivity index (χ2v) is 5.76. The first-order chi connectivity index (χ1) is 6.57. The summed E-state index contributed by atoms with van der Waals surface area (Å²) in [6.07, 6.45) is 0. The molecule has 0 aliphatic heterocycles. The average Bonchev–Trinajstić information content (AvgIpc) is 2.16. The molecule has 0 amide bonds. The maximum absolute atomic E-state index is 11.2. The molecule has 0 aliphatic rings. The van der Waals surface area contributed by atoms with Crippen LogP contribution >= 0.6 is 0 Å². The van der Waals surface area contributed by atoms with E-state index in [2.05, 4.69) is 11.2 Å². The van der Waals surface area contributed by atoms with Crippen LogP contribution in [-0.2, 0) is 20.0 Å². The van der Waals surface area contributed by atoms with Gasteiger partial charge in [-0.1, -0.05) is 30.3 Å². The first-order valence-corrected chi connectivity index (χ1v) is 6.48. The summed E-state index contributed by atoms with van der Waals surface area (Å²) in [6, 6.07) is 12.7. The van der Waals surface area contributed by atoms with Gasteiger partial charge in [-0.3, -0.25) is 0 Å². The average molecular weight is 248 g/mol. The Morgan fingerprint density at radius 1 is 1.13 bits per heavy atom. The van der Waals surface area contributed by atoms with E-state index >= 15 is 0 Å². The van der Waals surface area contributed by atoms with Crippen molar-refractivity contribution in [3.05, 3.63) is 42.5 Å². The van der Waals surface area contributed by atoms with E-state index in [9.17, 15) is 8.76 Å². The van der Waals surface area contributed by atoms with Crippen molar-refractivity contribution < 1.29 is 39.7 Å². The molecule has 2 aromatic rings. The SMILES string of the molecule is O=S(O)(=S)c1ccc2ccccc2c1.[H-].[Na+]. The molecule has 0 fully saturated rings. The normalized spacial score (nSPS) is 14.2. The zero-order valence-corrected chi connectivity index (χ0v) is 11.8. The molecular weight excluding hydrogens is 239 g/mol. The van der Waals surface area contributed by atoms with Gasteiger partial charge in [0.15, 0.2) is 8.77 Å². The van der Waals surface area contributed by atoms with E-state index in [-0.39, 0.29) is 31.0 Å². The third-order valence-electron chi connectivity index (χ3n) is 2.02. The van der Waals surface area contributed by atoms with Crippen molar-refractivity contribution in [1.29, 1.82) is 0 Å². The summed E-state index contributed by atoms with van der Waals surface area (Å²) in [5, 5.41) is 1.96. The van der Waals surface area contributed by atoms with Crippen LogP contribution in [0.4, 0.5) is 0 Å². The summed E-state index contributed by atoms with van der Waals surface area (Å²) >= 11 is 4.50. The molecule has 1 N–H and O–H groups in total. The van der Waals surface area contributed by atoms with E-state index in [0.29, 0.717) is 4.90 Å². The number of benzene rings is 2. The van der Waals surface area contributed by atoms with Crippen LogP contribution in [0.5, 0.6) is 0 Å². The van der Waals surface area contributed by atoms with Gasteiger partial charge in [0.2, 0.25) is 0 Å². The minimum atomic E-state index is -3.26. The van der Waals surface area contributed by atoms with E-state index < -0.39 is 8.77 Å². The molecule has 1 atom stereocenters. The summed E-state index contributed by atoms with van der Waals surface area (Å²) in [7, 11) is -3.26. The predicted octanol–water partition coefficient (Wildman–Crippen LogP) is -0.465. The standard InChI is InChI=1S/C10H8O2S2.Na.H/c11-14(12,13)10-6-5-8-3-1-2-4-9(8)7-10;;/h1-7H,(H,11,12,13);;/q;+1;-1. The molecule has 0 bridgehead atoms. The quantitative estimate of drug-likeness (QED) is 0.694. The van der Waals surface area contributed by atoms with Gasteiger partial charge in [0.05, 0.1) is 4.90 Å². The van der Waals surface area contributed by atoms with E-state index in [1.54, 1.807) is 18.2 Å². The first-order valence-electron chi connectivity index (χ1n) is 4.04. The topological polar surface area (TPSA) is 37.3 Å². The summed E-state index contributed by atoms with van der Waals surface area (Å²) in [5.74, 6) is 0. The predicted molar refractivity (Wildman–Crippen MR) is 61.5 cm³/mol. The van der Waals surface area contributed by atoms with E-state index in [0.717, 1.165) is 10.8 Å². The second-order valence-electron chi connectivity index (χ2n) is 2.98. The van der Waals surface area contributed by atoms with Crippen LogP contribution in [0.3, 0.4) is 0 Å². The fourth-order valence-corrected chi connectivity index (χ4v) is 2.15. The third-order valence-corrected chi connectivity index (χ3v) is 3.45. The molecule has 0 saturated heterocycles. The van der Waals surface area contributed by atoms with Gasteiger partial charge in [-0.05, 0) is 22.9 Å². The molecular formula is C10H9NaO2S2. The summed E-state index contributed by atoms with van der Waals surface area (Å²) in [4.78, 5) is 0.297. The number of fused-ring (bicyclic) bond motifs is 1. The summed E-state index contributed by atoms with van der Waals surface area (Å²) in [5.41, 5.74) is 0. The van der Waals surface area contributed by atoms with Crippen molar-refractivity contribution in [2.24, 2.45) is 0 Å². The van der Waals surface area contributed by atoms with E-state index in [4.69, 9.17) is 0 Å². The maximum atomic E-state index is 11.2. The molecule has 74 valence electrons. The molecule has 0 aliphatic carbocycles. The maximum Gasteiger partial charge on any atom is 1.00 e. The van der Waals surface area contributed by atoms with E-state index in [1.807, 2.05) is 24.3 Å². The van der Waals surface area contributed by atoms with Gasteiger partial charge < -0.3 is 5.98 Å². The molecule has 15 heavy (non-hydrogen) atoms. The van der Waals surface area contributed by atoms with Crippen LogP contribution in [0.2, 0.25) is 0 Å². The first kappa shape index (κ1) is 13.1. The Balaban J connectivity index is 0.00000112. The van der Waals surface area contributed by atoms with Crippen molar-refractivity contribution in [1.82, 2.24) is 0 Å². The van der Waals surface area contributed by atoms with Crippen LogP contribution in [-0.4, -0.2) is 8.76 Å². The molecule has 1 unspecified atom stereocenters. The van der Waals surface area contributed by atoms with Gasteiger partial charge in [-0.2, -0.15) is 0 Å². The molecule has 0 heterocycles. The van der Waals surface area contributed by atoms with Gasteiger partial charge in [0, 0.05) is 11.2 Å². The van der Waals surface area contributed by atoms with Crippen LogP contribution < -0.4 is 29.6 Å². The Labute approximate surface area is 117 Å². The Morgan fingerprint density at radius 3 is 2.33 bits per heavy atom. The van der Waals surface area contributed by atoms with Crippen LogP contribution in [0, 0.1) is 0 Å². The Hall–Kier alpha value is 0.0300. The van der Waals surface area contributed by atoms with E-state index in [1.165, 1.54) is 0 Å². The van der Waals surface area contributed by atoms with Crippen LogP contribution in [0.1, 0.15) is 1.43 Å². The van der Waals surface area contributed by atoms with Crippen molar-refractivity contribution in [3.63, 3.8) is 0 Å². The van der Waals surface area contributed by atoms with Crippen molar-refractivity contribution in [2.45, 2.75) is 4.90 Å². The number of rotatable bonds is 1. The monoisotopic (exact) mass is 248 g/mol. The minimum absolute atomic E-state index is 0. The van der Waals surface area contributed by atoms with Gasteiger partial charge in [0.1, 0.15) is 0 Å². The molecule has 2 aromatic carbocycles. The zero-order chi connectivity index (χ0) is 10.2. The number of hydrogen-bond donors (Lipinski definition) is 1. The van der Waals surface area contributed by atoms with Crippen molar-refractivity contribution in [2.75, 3.05) is 0 Å². The Morgan fingerprint density at radius 2 is 1.73 bits per heavy atom. The van der Waals surface area contributed by atoms with Crippen molar-refractivity contribution >= 4 is 30.7 Å². The van der Waals surface area contributed by atoms with Gasteiger partial charge in [-0.15, -0.1) is 0 Å². The molecule has 2 rings (SSSR count). The molecule has 5 heteroatoms. The van der Waals surface area contributed by atoms with Gasteiger partial charge >= 0.3 is 29.6 Å². The fraction of sp³-hybridized carbons (Fsp3) is 0. The zero-order valence-electron chi connectivity index (χ0n) is 9.21.